The van der Waals surface area contributed by atoms with Gasteiger partial charge in [0.15, 0.2) is 9.84 Å². The van der Waals surface area contributed by atoms with Crippen molar-refractivity contribution in [1.29, 1.82) is 0 Å². The fourth-order valence-electron chi connectivity index (χ4n) is 3.29. The number of rotatable bonds is 3. The summed E-state index contributed by atoms with van der Waals surface area (Å²) in [6.45, 7) is 0.947. The quantitative estimate of drug-likeness (QED) is 0.862. The third-order valence-corrected chi connectivity index (χ3v) is 6.30. The van der Waals surface area contributed by atoms with Crippen LogP contribution in [0.5, 0.6) is 0 Å². The van der Waals surface area contributed by atoms with Crippen LogP contribution in [0.2, 0.25) is 0 Å². The topological polar surface area (TPSA) is 85.1 Å². The van der Waals surface area contributed by atoms with E-state index in [4.69, 9.17) is 0 Å². The van der Waals surface area contributed by atoms with Gasteiger partial charge in [0, 0.05) is 31.9 Å². The summed E-state index contributed by atoms with van der Waals surface area (Å²) in [5.74, 6) is 2.90. The van der Waals surface area contributed by atoms with Crippen LogP contribution >= 0.6 is 0 Å². The minimum Gasteiger partial charge on any atom is -0.396 e. The van der Waals surface area contributed by atoms with Gasteiger partial charge < -0.3 is 9.67 Å². The van der Waals surface area contributed by atoms with Crippen molar-refractivity contribution in [2.45, 2.75) is 38.6 Å². The number of aliphatic hydroxyl groups is 1. The SMILES string of the molecule is O=S1(=O)CCCC(Cc2nnc3n2CC(CO)CC3)C1. The van der Waals surface area contributed by atoms with Gasteiger partial charge in [-0.2, -0.15) is 0 Å². The van der Waals surface area contributed by atoms with Gasteiger partial charge >= 0.3 is 0 Å². The second-order valence-corrected chi connectivity index (χ2v) is 8.29. The molecule has 0 bridgehead atoms. The molecule has 1 aromatic heterocycles. The lowest BCUT2D eigenvalue weighted by Crippen LogP contribution is -2.29. The van der Waals surface area contributed by atoms with E-state index in [0.717, 1.165) is 43.9 Å². The number of fused-ring (bicyclic) bond motifs is 1. The monoisotopic (exact) mass is 299 g/mol. The molecule has 112 valence electrons. The van der Waals surface area contributed by atoms with Gasteiger partial charge in [0.1, 0.15) is 11.6 Å². The Bertz CT molecular complexity index is 582. The first-order valence-corrected chi connectivity index (χ1v) is 9.12. The van der Waals surface area contributed by atoms with Crippen LogP contribution in [0, 0.1) is 11.8 Å². The molecule has 3 rings (SSSR count). The Kier molecular flexibility index (Phi) is 3.81. The maximum atomic E-state index is 11.7. The number of nitrogens with zero attached hydrogens (tertiary/aromatic N) is 3. The lowest BCUT2D eigenvalue weighted by Gasteiger charge is -2.25. The highest BCUT2D eigenvalue weighted by molar-refractivity contribution is 7.91. The predicted octanol–water partition coefficient (Wildman–Crippen LogP) is 0.200. The largest absolute Gasteiger partial charge is 0.396 e. The molecule has 7 heteroatoms. The van der Waals surface area contributed by atoms with Crippen molar-refractivity contribution in [3.63, 3.8) is 0 Å². The Morgan fingerprint density at radius 3 is 2.85 bits per heavy atom. The molecule has 0 saturated carbocycles. The van der Waals surface area contributed by atoms with Gasteiger partial charge in [-0.15, -0.1) is 10.2 Å². The van der Waals surface area contributed by atoms with Crippen LogP contribution in [0.1, 0.15) is 30.9 Å². The third-order valence-electron chi connectivity index (χ3n) is 4.41. The van der Waals surface area contributed by atoms with Crippen LogP contribution in [-0.4, -0.2) is 46.4 Å². The van der Waals surface area contributed by atoms with Crippen LogP contribution in [0.25, 0.3) is 0 Å². The van der Waals surface area contributed by atoms with Crippen molar-refractivity contribution in [3.05, 3.63) is 11.6 Å². The van der Waals surface area contributed by atoms with Crippen molar-refractivity contribution >= 4 is 9.84 Å². The molecule has 1 saturated heterocycles. The summed E-state index contributed by atoms with van der Waals surface area (Å²) in [5.41, 5.74) is 0. The Morgan fingerprint density at radius 2 is 2.10 bits per heavy atom. The van der Waals surface area contributed by atoms with Gasteiger partial charge in [-0.1, -0.05) is 0 Å². The molecule has 2 unspecified atom stereocenters. The molecule has 6 nitrogen and oxygen atoms in total. The van der Waals surface area contributed by atoms with E-state index in [1.54, 1.807) is 0 Å². The highest BCUT2D eigenvalue weighted by Gasteiger charge is 2.28. The molecule has 2 aliphatic heterocycles. The number of hydrogen-bond acceptors (Lipinski definition) is 5. The van der Waals surface area contributed by atoms with E-state index in [0.29, 0.717) is 12.2 Å². The molecule has 0 radical (unpaired) electrons. The van der Waals surface area contributed by atoms with Crippen LogP contribution in [-0.2, 0) is 29.2 Å². The Morgan fingerprint density at radius 1 is 1.25 bits per heavy atom. The van der Waals surface area contributed by atoms with E-state index in [1.165, 1.54) is 0 Å². The van der Waals surface area contributed by atoms with Gasteiger partial charge in [0.25, 0.3) is 0 Å². The van der Waals surface area contributed by atoms with Crippen LogP contribution in [0.3, 0.4) is 0 Å². The maximum absolute atomic E-state index is 11.7. The van der Waals surface area contributed by atoms with Gasteiger partial charge in [0.05, 0.1) is 11.5 Å². The van der Waals surface area contributed by atoms with E-state index >= 15 is 0 Å². The van der Waals surface area contributed by atoms with Gasteiger partial charge in [-0.05, 0) is 25.2 Å². The summed E-state index contributed by atoms with van der Waals surface area (Å²) >= 11 is 0. The summed E-state index contributed by atoms with van der Waals surface area (Å²) in [6.07, 6.45) is 4.19. The molecule has 20 heavy (non-hydrogen) atoms. The highest BCUT2D eigenvalue weighted by atomic mass is 32.2. The highest BCUT2D eigenvalue weighted by Crippen LogP contribution is 2.25. The smallest absolute Gasteiger partial charge is 0.150 e. The van der Waals surface area contributed by atoms with Crippen LogP contribution in [0.15, 0.2) is 0 Å². The number of aliphatic hydroxyl groups excluding tert-OH is 1. The zero-order valence-corrected chi connectivity index (χ0v) is 12.3. The fraction of sp³-hybridized carbons (Fsp3) is 0.846. The van der Waals surface area contributed by atoms with E-state index in [-0.39, 0.29) is 24.2 Å². The average Bonchev–Trinajstić information content (AvgIpc) is 2.80. The Labute approximate surface area is 119 Å². The molecule has 0 amide bonds. The van der Waals surface area contributed by atoms with Crippen molar-refractivity contribution in [3.8, 4) is 0 Å². The molecule has 2 atom stereocenters. The number of sulfone groups is 1. The van der Waals surface area contributed by atoms with Gasteiger partial charge in [-0.3, -0.25) is 0 Å². The summed E-state index contributed by atoms with van der Waals surface area (Å²) in [7, 11) is -2.87. The van der Waals surface area contributed by atoms with Crippen molar-refractivity contribution in [2.24, 2.45) is 11.8 Å². The molecule has 2 aliphatic rings. The molecule has 0 aliphatic carbocycles. The van der Waals surface area contributed by atoms with E-state index in [9.17, 15) is 13.5 Å². The molecule has 1 fully saturated rings. The number of aryl methyl sites for hydroxylation is 1. The first-order chi connectivity index (χ1) is 9.57. The lowest BCUT2D eigenvalue weighted by molar-refractivity contribution is 0.189. The number of aromatic nitrogens is 3. The molecule has 3 heterocycles. The van der Waals surface area contributed by atoms with E-state index in [1.807, 2.05) is 0 Å². The molecule has 0 spiro atoms. The molecular weight excluding hydrogens is 278 g/mol. The Balaban J connectivity index is 1.74. The zero-order valence-electron chi connectivity index (χ0n) is 11.5. The molecule has 1 N–H and O–H groups in total. The lowest BCUT2D eigenvalue weighted by atomic mass is 9.98. The summed E-state index contributed by atoms with van der Waals surface area (Å²) in [4.78, 5) is 0. The van der Waals surface area contributed by atoms with Crippen LogP contribution in [0.4, 0.5) is 0 Å². The predicted molar refractivity (Wildman–Crippen MR) is 74.0 cm³/mol. The molecule has 1 aromatic rings. The minimum absolute atomic E-state index is 0.163. The van der Waals surface area contributed by atoms with Crippen molar-refractivity contribution in [1.82, 2.24) is 14.8 Å². The number of hydrogen-bond donors (Lipinski definition) is 1. The zero-order chi connectivity index (χ0) is 14.2. The van der Waals surface area contributed by atoms with Crippen molar-refractivity contribution in [2.75, 3.05) is 18.1 Å². The van der Waals surface area contributed by atoms with Gasteiger partial charge in [0.2, 0.25) is 0 Å². The van der Waals surface area contributed by atoms with Gasteiger partial charge in [-0.25, -0.2) is 8.42 Å². The van der Waals surface area contributed by atoms with E-state index in [2.05, 4.69) is 14.8 Å². The third kappa shape index (κ3) is 2.88. The summed E-state index contributed by atoms with van der Waals surface area (Å²) < 4.78 is 25.5. The first kappa shape index (κ1) is 14.0. The Hall–Kier alpha value is -0.950. The summed E-state index contributed by atoms with van der Waals surface area (Å²) in [6, 6.07) is 0. The van der Waals surface area contributed by atoms with E-state index < -0.39 is 9.84 Å². The van der Waals surface area contributed by atoms with Crippen LogP contribution < -0.4 is 0 Å². The molecular formula is C13H21N3O3S. The molecule has 0 aromatic carbocycles. The standard InChI is InChI=1S/C13H21N3O3S/c17-8-11-3-4-12-14-15-13(16(12)7-11)6-10-2-1-5-20(18,19)9-10/h10-11,17H,1-9H2. The maximum Gasteiger partial charge on any atom is 0.150 e. The second-order valence-electron chi connectivity index (χ2n) is 6.06. The first-order valence-electron chi connectivity index (χ1n) is 7.29. The fourth-order valence-corrected chi connectivity index (χ4v) is 5.06. The minimum atomic E-state index is -2.87. The van der Waals surface area contributed by atoms with Crippen molar-refractivity contribution < 1.29 is 13.5 Å². The summed E-state index contributed by atoms with van der Waals surface area (Å²) in [5, 5.41) is 17.8. The second kappa shape index (κ2) is 5.44. The normalized spacial score (nSPS) is 29.1. The average molecular weight is 299 g/mol.